The summed E-state index contributed by atoms with van der Waals surface area (Å²) in [4.78, 5) is 4.52. The molecule has 2 aromatic carbocycles. The highest BCUT2D eigenvalue weighted by Crippen LogP contribution is 2.09. The van der Waals surface area contributed by atoms with E-state index in [9.17, 15) is 12.8 Å². The van der Waals surface area contributed by atoms with E-state index in [1.54, 1.807) is 12.1 Å². The van der Waals surface area contributed by atoms with Crippen LogP contribution in [0, 0.1) is 5.82 Å². The van der Waals surface area contributed by atoms with Gasteiger partial charge >= 0.3 is 0 Å². The number of hydrogen-bond donors (Lipinski definition) is 2. The van der Waals surface area contributed by atoms with Crippen LogP contribution in [0.1, 0.15) is 23.6 Å². The Balaban J connectivity index is 0.00000392. The molecule has 0 aliphatic carbocycles. The number of sulfone groups is 1. The Hall–Kier alpha value is -1.68. The Labute approximate surface area is 183 Å². The third-order valence-electron chi connectivity index (χ3n) is 3.86. The van der Waals surface area contributed by atoms with Crippen LogP contribution in [0.4, 0.5) is 4.39 Å². The molecule has 0 saturated carbocycles. The summed E-state index contributed by atoms with van der Waals surface area (Å²) >= 11 is 0. The molecule has 0 bridgehead atoms. The third-order valence-corrected chi connectivity index (χ3v) is 4.72. The van der Waals surface area contributed by atoms with E-state index in [2.05, 4.69) is 15.6 Å². The normalized spacial score (nSPS) is 11.6. The van der Waals surface area contributed by atoms with E-state index < -0.39 is 9.84 Å². The molecule has 2 rings (SSSR count). The molecular weight excluding hydrogens is 492 g/mol. The largest absolute Gasteiger partial charge is 0.357 e. The van der Waals surface area contributed by atoms with Crippen molar-refractivity contribution < 1.29 is 12.8 Å². The van der Waals surface area contributed by atoms with E-state index in [0.29, 0.717) is 31.0 Å². The van der Waals surface area contributed by atoms with Gasteiger partial charge in [0.25, 0.3) is 0 Å². The predicted octanol–water partition coefficient (Wildman–Crippen LogP) is 3.29. The number of rotatable bonds is 8. The van der Waals surface area contributed by atoms with Crippen LogP contribution >= 0.6 is 24.0 Å². The van der Waals surface area contributed by atoms with Gasteiger partial charge in [0.1, 0.15) is 5.82 Å². The minimum atomic E-state index is -3.03. The lowest BCUT2D eigenvalue weighted by molar-refractivity contribution is 0.601. The topological polar surface area (TPSA) is 70.6 Å². The van der Waals surface area contributed by atoms with Crippen molar-refractivity contribution in [1.82, 2.24) is 10.6 Å². The first-order valence-electron chi connectivity index (χ1n) is 8.88. The summed E-state index contributed by atoms with van der Waals surface area (Å²) in [5.74, 6) is 0.501. The molecule has 0 aliphatic heterocycles. The fraction of sp³-hybridized carbons (Fsp3) is 0.350. The summed E-state index contributed by atoms with van der Waals surface area (Å²) in [6.07, 6.45) is 1.79. The zero-order valence-corrected chi connectivity index (χ0v) is 19.3. The summed E-state index contributed by atoms with van der Waals surface area (Å²) in [6, 6.07) is 14.1. The minimum absolute atomic E-state index is 0. The summed E-state index contributed by atoms with van der Waals surface area (Å²) in [7, 11) is -3.03. The lowest BCUT2D eigenvalue weighted by Gasteiger charge is -2.11. The Morgan fingerprint density at radius 3 is 2.29 bits per heavy atom. The number of guanidine groups is 1. The Morgan fingerprint density at radius 2 is 1.68 bits per heavy atom. The molecule has 0 fully saturated rings. The SMILES string of the molecule is CCNC(=NCc1ccc(CS(C)(=O)=O)cc1)NCCc1ccccc1F.I. The van der Waals surface area contributed by atoms with E-state index in [0.717, 1.165) is 17.7 Å². The average Bonchev–Trinajstić information content (AvgIpc) is 2.61. The molecule has 0 radical (unpaired) electrons. The zero-order valence-electron chi connectivity index (χ0n) is 16.1. The molecule has 0 spiro atoms. The van der Waals surface area contributed by atoms with Gasteiger partial charge in [0.2, 0.25) is 0 Å². The van der Waals surface area contributed by atoms with Crippen LogP contribution in [0.2, 0.25) is 0 Å². The van der Waals surface area contributed by atoms with Crippen molar-refractivity contribution in [3.05, 3.63) is 71.0 Å². The van der Waals surface area contributed by atoms with Crippen LogP contribution in [0.3, 0.4) is 0 Å². The van der Waals surface area contributed by atoms with Crippen molar-refractivity contribution in [2.75, 3.05) is 19.3 Å². The third kappa shape index (κ3) is 9.01. The van der Waals surface area contributed by atoms with Gasteiger partial charge in [-0.05, 0) is 36.1 Å². The number of halogens is 2. The highest BCUT2D eigenvalue weighted by atomic mass is 127. The predicted molar refractivity (Wildman–Crippen MR) is 123 cm³/mol. The number of nitrogens with one attached hydrogen (secondary N) is 2. The van der Waals surface area contributed by atoms with E-state index in [-0.39, 0.29) is 35.5 Å². The van der Waals surface area contributed by atoms with Crippen molar-refractivity contribution in [3.8, 4) is 0 Å². The molecule has 0 aromatic heterocycles. The number of nitrogens with zero attached hydrogens (tertiary/aromatic N) is 1. The van der Waals surface area contributed by atoms with Crippen molar-refractivity contribution in [2.45, 2.75) is 25.6 Å². The van der Waals surface area contributed by atoms with Gasteiger partial charge < -0.3 is 10.6 Å². The number of benzene rings is 2. The fourth-order valence-corrected chi connectivity index (χ4v) is 3.37. The minimum Gasteiger partial charge on any atom is -0.357 e. The lowest BCUT2D eigenvalue weighted by Crippen LogP contribution is -2.38. The maximum atomic E-state index is 13.7. The molecule has 5 nitrogen and oxygen atoms in total. The summed E-state index contributed by atoms with van der Waals surface area (Å²) in [5, 5.41) is 6.36. The first kappa shape index (κ1) is 24.4. The van der Waals surface area contributed by atoms with E-state index in [4.69, 9.17) is 0 Å². The second-order valence-electron chi connectivity index (χ2n) is 6.35. The van der Waals surface area contributed by atoms with Crippen LogP contribution in [-0.4, -0.2) is 33.7 Å². The molecule has 2 aromatic rings. The Kier molecular flexibility index (Phi) is 10.4. The average molecular weight is 519 g/mol. The molecule has 0 saturated heterocycles. The van der Waals surface area contributed by atoms with Gasteiger partial charge in [-0.3, -0.25) is 0 Å². The van der Waals surface area contributed by atoms with Crippen LogP contribution in [0.15, 0.2) is 53.5 Å². The monoisotopic (exact) mass is 519 g/mol. The van der Waals surface area contributed by atoms with Gasteiger partial charge in [-0.2, -0.15) is 0 Å². The summed E-state index contributed by atoms with van der Waals surface area (Å²) in [6.45, 7) is 3.74. The van der Waals surface area contributed by atoms with E-state index >= 15 is 0 Å². The molecule has 2 N–H and O–H groups in total. The molecule has 0 heterocycles. The van der Waals surface area contributed by atoms with E-state index in [1.807, 2.05) is 37.3 Å². The molecule has 28 heavy (non-hydrogen) atoms. The maximum Gasteiger partial charge on any atom is 0.191 e. The van der Waals surface area contributed by atoms with Crippen molar-refractivity contribution in [1.29, 1.82) is 0 Å². The van der Waals surface area contributed by atoms with Crippen molar-refractivity contribution >= 4 is 39.8 Å². The molecular formula is C20H27FIN3O2S. The summed E-state index contributed by atoms with van der Waals surface area (Å²) in [5.41, 5.74) is 2.42. The van der Waals surface area contributed by atoms with Gasteiger partial charge in [-0.15, -0.1) is 24.0 Å². The first-order chi connectivity index (χ1) is 12.9. The van der Waals surface area contributed by atoms with Gasteiger partial charge in [-0.1, -0.05) is 42.5 Å². The number of aliphatic imine (C=N–C) groups is 1. The van der Waals surface area contributed by atoms with E-state index in [1.165, 1.54) is 12.3 Å². The van der Waals surface area contributed by atoms with Crippen LogP contribution < -0.4 is 10.6 Å². The highest BCUT2D eigenvalue weighted by molar-refractivity contribution is 14.0. The van der Waals surface area contributed by atoms with Gasteiger partial charge in [0.05, 0.1) is 12.3 Å². The molecule has 154 valence electrons. The first-order valence-corrected chi connectivity index (χ1v) is 10.9. The maximum absolute atomic E-state index is 13.7. The molecule has 0 aliphatic rings. The second kappa shape index (κ2) is 12.0. The van der Waals surface area contributed by atoms with Crippen LogP contribution in [0.25, 0.3) is 0 Å². The van der Waals surface area contributed by atoms with Crippen molar-refractivity contribution in [2.24, 2.45) is 4.99 Å². The lowest BCUT2D eigenvalue weighted by atomic mass is 10.1. The Bertz CT molecular complexity index is 871. The Morgan fingerprint density at radius 1 is 1.04 bits per heavy atom. The highest BCUT2D eigenvalue weighted by Gasteiger charge is 2.05. The number of hydrogen-bond acceptors (Lipinski definition) is 3. The van der Waals surface area contributed by atoms with Gasteiger partial charge in [0.15, 0.2) is 15.8 Å². The van der Waals surface area contributed by atoms with Gasteiger partial charge in [-0.25, -0.2) is 17.8 Å². The molecule has 0 atom stereocenters. The molecule has 0 amide bonds. The van der Waals surface area contributed by atoms with Crippen LogP contribution in [0.5, 0.6) is 0 Å². The summed E-state index contributed by atoms with van der Waals surface area (Å²) < 4.78 is 36.3. The second-order valence-corrected chi connectivity index (χ2v) is 8.49. The van der Waals surface area contributed by atoms with Crippen molar-refractivity contribution in [3.63, 3.8) is 0 Å². The fourth-order valence-electron chi connectivity index (χ4n) is 2.57. The zero-order chi connectivity index (χ0) is 19.7. The van der Waals surface area contributed by atoms with Gasteiger partial charge in [0, 0.05) is 19.3 Å². The quantitative estimate of drug-likeness (QED) is 0.319. The standard InChI is InChI=1S/C20H26FN3O2S.HI/c1-3-22-20(23-13-12-18-6-4-5-7-19(18)21)24-14-16-8-10-17(11-9-16)15-27(2,25)26;/h4-11H,3,12-15H2,1-2H3,(H2,22,23,24);1H. The smallest absolute Gasteiger partial charge is 0.191 e. The molecule has 0 unspecified atom stereocenters. The molecule has 8 heteroatoms. The van der Waals surface area contributed by atoms with Crippen LogP contribution in [-0.2, 0) is 28.6 Å².